The quantitative estimate of drug-likeness (QED) is 0.786. The van der Waals surface area contributed by atoms with Crippen molar-refractivity contribution in [2.45, 2.75) is 66.7 Å². The predicted molar refractivity (Wildman–Crippen MR) is 80.9 cm³/mol. The van der Waals surface area contributed by atoms with E-state index in [1.165, 1.54) is 0 Å². The molecule has 0 spiro atoms. The topological polar surface area (TPSA) is 55.1 Å². The van der Waals surface area contributed by atoms with Crippen LogP contribution in [0.1, 0.15) is 75.2 Å². The molecule has 0 saturated heterocycles. The number of carbonyl (C=O) groups excluding carboxylic acids is 1. The van der Waals surface area contributed by atoms with Crippen molar-refractivity contribution >= 4 is 5.91 Å². The Balaban J connectivity index is 2.72. The van der Waals surface area contributed by atoms with Crippen molar-refractivity contribution in [1.29, 1.82) is 0 Å². The zero-order chi connectivity index (χ0) is 15.2. The molecule has 1 aromatic heterocycles. The highest BCUT2D eigenvalue weighted by Crippen LogP contribution is 2.31. The van der Waals surface area contributed by atoms with E-state index in [9.17, 15) is 4.79 Å². The Hall–Kier alpha value is -1.32. The summed E-state index contributed by atoms with van der Waals surface area (Å²) in [5.41, 5.74) is 1.49. The van der Waals surface area contributed by atoms with Gasteiger partial charge in [-0.05, 0) is 31.6 Å². The van der Waals surface area contributed by atoms with Crippen molar-refractivity contribution in [1.82, 2.24) is 10.5 Å². The van der Waals surface area contributed by atoms with Gasteiger partial charge in [0.05, 0.1) is 0 Å². The maximum absolute atomic E-state index is 12.2. The molecule has 0 aliphatic heterocycles. The molecule has 0 aliphatic carbocycles. The Kier molecular flexibility index (Phi) is 6.24. The van der Waals surface area contributed by atoms with E-state index in [2.05, 4.69) is 31.2 Å². The maximum atomic E-state index is 12.2. The van der Waals surface area contributed by atoms with Crippen molar-refractivity contribution in [3.05, 3.63) is 17.0 Å². The number of hydrogen-bond donors (Lipinski definition) is 1. The Morgan fingerprint density at radius 2 is 1.90 bits per heavy atom. The minimum atomic E-state index is -0.117. The van der Waals surface area contributed by atoms with Gasteiger partial charge in [0.25, 0.3) is 5.91 Å². The fourth-order valence-corrected chi connectivity index (χ4v) is 2.73. The second-order valence-electron chi connectivity index (χ2n) is 5.57. The number of aromatic nitrogens is 1. The summed E-state index contributed by atoms with van der Waals surface area (Å²) < 4.78 is 5.19. The Labute approximate surface area is 122 Å². The third kappa shape index (κ3) is 3.62. The highest BCUT2D eigenvalue weighted by molar-refractivity contribution is 5.93. The van der Waals surface area contributed by atoms with Gasteiger partial charge in [-0.15, -0.1) is 0 Å². The van der Waals surface area contributed by atoms with E-state index in [-0.39, 0.29) is 11.3 Å². The highest BCUT2D eigenvalue weighted by atomic mass is 16.5. The summed E-state index contributed by atoms with van der Waals surface area (Å²) >= 11 is 0. The molecule has 0 bridgehead atoms. The molecule has 0 saturated carbocycles. The fraction of sp³-hybridized carbons (Fsp3) is 0.750. The van der Waals surface area contributed by atoms with Crippen molar-refractivity contribution in [2.24, 2.45) is 5.41 Å². The minimum absolute atomic E-state index is 0.117. The number of carbonyl (C=O) groups is 1. The van der Waals surface area contributed by atoms with Crippen LogP contribution in [0.25, 0.3) is 0 Å². The number of rotatable bonds is 8. The summed E-state index contributed by atoms with van der Waals surface area (Å²) in [6, 6.07) is 0. The van der Waals surface area contributed by atoms with Gasteiger partial charge < -0.3 is 9.84 Å². The third-order valence-corrected chi connectivity index (χ3v) is 4.46. The van der Waals surface area contributed by atoms with E-state index in [0.29, 0.717) is 12.2 Å². The summed E-state index contributed by atoms with van der Waals surface area (Å²) in [5.74, 6) is 0.675. The summed E-state index contributed by atoms with van der Waals surface area (Å²) in [4.78, 5) is 12.2. The van der Waals surface area contributed by atoms with Gasteiger partial charge in [0.15, 0.2) is 5.69 Å². The molecule has 1 heterocycles. The van der Waals surface area contributed by atoms with Crippen LogP contribution in [0.15, 0.2) is 4.52 Å². The maximum Gasteiger partial charge on any atom is 0.273 e. The molecule has 1 N–H and O–H groups in total. The number of nitrogens with zero attached hydrogens (tertiary/aromatic N) is 1. The third-order valence-electron chi connectivity index (χ3n) is 4.46. The van der Waals surface area contributed by atoms with Gasteiger partial charge in [-0.3, -0.25) is 4.79 Å². The van der Waals surface area contributed by atoms with Crippen LogP contribution >= 0.6 is 0 Å². The van der Waals surface area contributed by atoms with E-state index in [0.717, 1.165) is 43.4 Å². The van der Waals surface area contributed by atoms with Crippen molar-refractivity contribution in [2.75, 3.05) is 6.54 Å². The molecule has 0 radical (unpaired) electrons. The Bertz CT molecular complexity index is 434. The van der Waals surface area contributed by atoms with Crippen molar-refractivity contribution in [3.63, 3.8) is 0 Å². The number of amides is 1. The SMILES string of the molecule is CCCC(CC)(CC)CNC(=O)c1noc(CC)c1C. The van der Waals surface area contributed by atoms with Gasteiger partial charge in [0.1, 0.15) is 5.76 Å². The van der Waals surface area contributed by atoms with Crippen molar-refractivity contribution in [3.8, 4) is 0 Å². The summed E-state index contributed by atoms with van der Waals surface area (Å²) in [6.45, 7) is 11.2. The average molecular weight is 280 g/mol. The smallest absolute Gasteiger partial charge is 0.273 e. The van der Waals surface area contributed by atoms with Crippen molar-refractivity contribution < 1.29 is 9.32 Å². The van der Waals surface area contributed by atoms with Crippen LogP contribution in [0.4, 0.5) is 0 Å². The molecule has 0 unspecified atom stereocenters. The summed E-state index contributed by atoms with van der Waals surface area (Å²) in [7, 11) is 0. The van der Waals surface area contributed by atoms with Crippen LogP contribution < -0.4 is 5.32 Å². The molecule has 4 nitrogen and oxygen atoms in total. The molecule has 0 aliphatic rings. The van der Waals surface area contributed by atoms with Gasteiger partial charge in [0.2, 0.25) is 0 Å². The normalized spacial score (nSPS) is 11.7. The molecule has 0 atom stereocenters. The Morgan fingerprint density at radius 1 is 1.25 bits per heavy atom. The number of hydrogen-bond acceptors (Lipinski definition) is 3. The zero-order valence-corrected chi connectivity index (χ0v) is 13.5. The minimum Gasteiger partial charge on any atom is -0.360 e. The largest absolute Gasteiger partial charge is 0.360 e. The number of aryl methyl sites for hydroxylation is 1. The summed E-state index contributed by atoms with van der Waals surface area (Å²) in [5, 5.41) is 6.94. The number of nitrogens with one attached hydrogen (secondary N) is 1. The molecule has 114 valence electrons. The predicted octanol–water partition coefficient (Wildman–Crippen LogP) is 3.88. The van der Waals surface area contributed by atoms with E-state index in [1.54, 1.807) is 0 Å². The lowest BCUT2D eigenvalue weighted by atomic mass is 9.78. The van der Waals surface area contributed by atoms with Crippen LogP contribution in [-0.2, 0) is 6.42 Å². The first kappa shape index (κ1) is 16.7. The molecule has 20 heavy (non-hydrogen) atoms. The lowest BCUT2D eigenvalue weighted by Gasteiger charge is -2.31. The lowest BCUT2D eigenvalue weighted by molar-refractivity contribution is 0.0911. The molecule has 0 fully saturated rings. The molecular weight excluding hydrogens is 252 g/mol. The molecule has 4 heteroatoms. The summed E-state index contributed by atoms with van der Waals surface area (Å²) in [6.07, 6.45) is 5.19. The first-order valence-electron chi connectivity index (χ1n) is 7.76. The van der Waals surface area contributed by atoms with Gasteiger partial charge in [-0.1, -0.05) is 39.3 Å². The molecule has 1 aromatic rings. The molecule has 1 rings (SSSR count). The van der Waals surface area contributed by atoms with Crippen LogP contribution in [0.3, 0.4) is 0 Å². The standard InChI is InChI=1S/C16H28N2O2/c1-6-10-16(8-3,9-4)11-17-15(19)14-12(5)13(7-2)20-18-14/h6-11H2,1-5H3,(H,17,19). The van der Waals surface area contributed by atoms with Gasteiger partial charge in [-0.2, -0.15) is 0 Å². The molecular formula is C16H28N2O2. The monoisotopic (exact) mass is 280 g/mol. The molecule has 0 aromatic carbocycles. The van der Waals surface area contributed by atoms with E-state index >= 15 is 0 Å². The second kappa shape index (κ2) is 7.46. The van der Waals surface area contributed by atoms with Gasteiger partial charge in [-0.25, -0.2) is 0 Å². The van der Waals surface area contributed by atoms with E-state index in [4.69, 9.17) is 4.52 Å². The average Bonchev–Trinajstić information content (AvgIpc) is 2.84. The van der Waals surface area contributed by atoms with Crippen LogP contribution in [0.2, 0.25) is 0 Å². The van der Waals surface area contributed by atoms with Crippen LogP contribution in [0.5, 0.6) is 0 Å². The fourth-order valence-electron chi connectivity index (χ4n) is 2.73. The van der Waals surface area contributed by atoms with Gasteiger partial charge >= 0.3 is 0 Å². The highest BCUT2D eigenvalue weighted by Gasteiger charge is 2.27. The van der Waals surface area contributed by atoms with Crippen LogP contribution in [-0.4, -0.2) is 17.6 Å². The second-order valence-corrected chi connectivity index (χ2v) is 5.57. The van der Waals surface area contributed by atoms with Gasteiger partial charge in [0, 0.05) is 18.5 Å². The van der Waals surface area contributed by atoms with E-state index in [1.807, 2.05) is 13.8 Å². The van der Waals surface area contributed by atoms with Crippen LogP contribution in [0, 0.1) is 12.3 Å². The molecule has 1 amide bonds. The lowest BCUT2D eigenvalue weighted by Crippen LogP contribution is -2.37. The zero-order valence-electron chi connectivity index (χ0n) is 13.5. The Morgan fingerprint density at radius 3 is 2.35 bits per heavy atom. The van der Waals surface area contributed by atoms with E-state index < -0.39 is 0 Å². The first-order valence-corrected chi connectivity index (χ1v) is 7.76. The first-order chi connectivity index (χ1) is 9.53.